The number of aromatic nitrogens is 2. The average Bonchev–Trinajstić information content (AvgIpc) is 3.10. The summed E-state index contributed by atoms with van der Waals surface area (Å²) < 4.78 is 22.1. The summed E-state index contributed by atoms with van der Waals surface area (Å²) in [4.78, 5) is 4.85. The van der Waals surface area contributed by atoms with Crippen LogP contribution >= 0.6 is 0 Å². The van der Waals surface area contributed by atoms with Gasteiger partial charge in [0.25, 0.3) is 0 Å². The molecule has 33 heavy (non-hydrogen) atoms. The van der Waals surface area contributed by atoms with Gasteiger partial charge in [-0.25, -0.2) is 9.37 Å². The fourth-order valence-corrected chi connectivity index (χ4v) is 4.60. The van der Waals surface area contributed by atoms with E-state index in [2.05, 4.69) is 48.7 Å². The molecule has 1 aliphatic heterocycles. The average molecular weight is 438 g/mol. The molecule has 1 aliphatic rings. The highest BCUT2D eigenvalue weighted by Gasteiger charge is 2.23. The van der Waals surface area contributed by atoms with E-state index in [1.165, 1.54) is 17.8 Å². The first-order valence-corrected chi connectivity index (χ1v) is 11.1. The van der Waals surface area contributed by atoms with Crippen molar-refractivity contribution in [3.8, 4) is 11.8 Å². The van der Waals surface area contributed by atoms with Crippen LogP contribution in [0, 0.1) is 17.1 Å². The SMILES string of the molecule is CC(C#N)=C1c2ccc(Cc3c(C(C)C)nc4ccccn34)cc2COc2cc(F)ccc21. The second kappa shape index (κ2) is 8.22. The number of rotatable bonds is 3. The highest BCUT2D eigenvalue weighted by atomic mass is 19.1. The molecule has 2 aromatic carbocycles. The molecule has 4 aromatic rings. The molecule has 5 heteroatoms. The molecule has 0 atom stereocenters. The predicted octanol–water partition coefficient (Wildman–Crippen LogP) is 6.43. The first-order valence-electron chi connectivity index (χ1n) is 11.1. The van der Waals surface area contributed by atoms with Gasteiger partial charge >= 0.3 is 0 Å². The topological polar surface area (TPSA) is 50.3 Å². The van der Waals surface area contributed by atoms with Gasteiger partial charge in [0.1, 0.15) is 23.8 Å². The van der Waals surface area contributed by atoms with E-state index in [0.29, 0.717) is 23.8 Å². The molecular weight excluding hydrogens is 413 g/mol. The van der Waals surface area contributed by atoms with Gasteiger partial charge in [-0.2, -0.15) is 5.26 Å². The van der Waals surface area contributed by atoms with Crippen molar-refractivity contribution in [2.24, 2.45) is 0 Å². The number of halogens is 1. The molecule has 4 nitrogen and oxygen atoms in total. The predicted molar refractivity (Wildman–Crippen MR) is 127 cm³/mol. The van der Waals surface area contributed by atoms with Crippen molar-refractivity contribution in [1.29, 1.82) is 5.26 Å². The zero-order valence-electron chi connectivity index (χ0n) is 18.9. The molecule has 0 aliphatic carbocycles. The summed E-state index contributed by atoms with van der Waals surface area (Å²) in [6, 6.07) is 19.1. The van der Waals surface area contributed by atoms with Crippen molar-refractivity contribution >= 4 is 11.2 Å². The van der Waals surface area contributed by atoms with E-state index < -0.39 is 0 Å². The van der Waals surface area contributed by atoms with Crippen molar-refractivity contribution in [2.45, 2.75) is 39.7 Å². The summed E-state index contributed by atoms with van der Waals surface area (Å²) in [5.41, 5.74) is 8.39. The third-order valence-corrected chi connectivity index (χ3v) is 6.16. The van der Waals surface area contributed by atoms with Gasteiger partial charge in [0.05, 0.1) is 17.5 Å². The van der Waals surface area contributed by atoms with Gasteiger partial charge in [-0.15, -0.1) is 0 Å². The minimum Gasteiger partial charge on any atom is -0.488 e. The highest BCUT2D eigenvalue weighted by molar-refractivity contribution is 5.88. The standard InChI is InChI=1S/C28H24FN3O/c1-17(2)28-24(32-11-5-4-6-26(32)31-28)13-19-7-9-22-20(12-19)16-33-25-14-21(29)8-10-23(25)27(22)18(3)15-30/h4-12,14,17H,13,16H2,1-3H3. The van der Waals surface area contributed by atoms with Crippen molar-refractivity contribution in [2.75, 3.05) is 0 Å². The van der Waals surface area contributed by atoms with Gasteiger partial charge in [-0.1, -0.05) is 38.1 Å². The van der Waals surface area contributed by atoms with Gasteiger partial charge in [0.15, 0.2) is 0 Å². The number of imidazole rings is 1. The number of ether oxygens (including phenoxy) is 1. The molecule has 164 valence electrons. The monoisotopic (exact) mass is 437 g/mol. The van der Waals surface area contributed by atoms with E-state index in [1.54, 1.807) is 13.0 Å². The first-order chi connectivity index (χ1) is 16.0. The molecule has 0 amide bonds. The van der Waals surface area contributed by atoms with Crippen LogP contribution in [0.1, 0.15) is 60.3 Å². The molecule has 0 bridgehead atoms. The summed E-state index contributed by atoms with van der Waals surface area (Å²) in [6.07, 6.45) is 2.78. The molecule has 0 N–H and O–H groups in total. The van der Waals surface area contributed by atoms with Crippen LogP contribution in [0.25, 0.3) is 11.2 Å². The molecular formula is C28H24FN3O. The van der Waals surface area contributed by atoms with Crippen LogP contribution < -0.4 is 4.74 Å². The molecule has 0 radical (unpaired) electrons. The van der Waals surface area contributed by atoms with Gasteiger partial charge in [0, 0.05) is 35.4 Å². The van der Waals surface area contributed by atoms with Gasteiger partial charge in [-0.3, -0.25) is 0 Å². The largest absolute Gasteiger partial charge is 0.488 e. The number of benzene rings is 2. The quantitative estimate of drug-likeness (QED) is 0.347. The Morgan fingerprint density at radius 1 is 1.15 bits per heavy atom. The summed E-state index contributed by atoms with van der Waals surface area (Å²) in [5.74, 6) is 0.408. The van der Waals surface area contributed by atoms with Gasteiger partial charge < -0.3 is 9.14 Å². The Morgan fingerprint density at radius 3 is 2.76 bits per heavy atom. The molecule has 0 saturated carbocycles. The van der Waals surface area contributed by atoms with E-state index in [4.69, 9.17) is 9.72 Å². The van der Waals surface area contributed by atoms with Crippen molar-refractivity contribution in [3.63, 3.8) is 0 Å². The normalized spacial score (nSPS) is 14.3. The third kappa shape index (κ3) is 3.68. The molecule has 3 heterocycles. The number of pyridine rings is 1. The highest BCUT2D eigenvalue weighted by Crippen LogP contribution is 2.39. The molecule has 0 saturated heterocycles. The van der Waals surface area contributed by atoms with Crippen LogP contribution in [-0.2, 0) is 13.0 Å². The van der Waals surface area contributed by atoms with Crippen molar-refractivity contribution in [1.82, 2.24) is 9.38 Å². The zero-order chi connectivity index (χ0) is 23.1. The van der Waals surface area contributed by atoms with Crippen LogP contribution in [0.2, 0.25) is 0 Å². The number of hydrogen-bond acceptors (Lipinski definition) is 3. The number of allylic oxidation sites excluding steroid dienone is 1. The van der Waals surface area contributed by atoms with E-state index in [0.717, 1.165) is 45.6 Å². The maximum absolute atomic E-state index is 13.9. The second-order valence-corrected chi connectivity index (χ2v) is 8.74. The molecule has 0 unspecified atom stereocenters. The Morgan fingerprint density at radius 2 is 1.97 bits per heavy atom. The number of fused-ring (bicyclic) bond motifs is 3. The third-order valence-electron chi connectivity index (χ3n) is 6.16. The summed E-state index contributed by atoms with van der Waals surface area (Å²) in [6.45, 7) is 6.42. The lowest BCUT2D eigenvalue weighted by atomic mass is 9.89. The van der Waals surface area contributed by atoms with E-state index in [-0.39, 0.29) is 5.82 Å². The van der Waals surface area contributed by atoms with Crippen molar-refractivity contribution < 1.29 is 9.13 Å². The number of nitrogens with zero attached hydrogens (tertiary/aromatic N) is 3. The van der Waals surface area contributed by atoms with Gasteiger partial charge in [0.2, 0.25) is 0 Å². The minimum atomic E-state index is -0.358. The Hall–Kier alpha value is -3.91. The molecule has 0 fully saturated rings. The minimum absolute atomic E-state index is 0.307. The maximum atomic E-state index is 13.9. The smallest absolute Gasteiger partial charge is 0.137 e. The van der Waals surface area contributed by atoms with E-state index in [1.807, 2.05) is 18.2 Å². The van der Waals surface area contributed by atoms with Crippen molar-refractivity contribution in [3.05, 3.63) is 106 Å². The van der Waals surface area contributed by atoms with Crippen LogP contribution in [-0.4, -0.2) is 9.38 Å². The summed E-state index contributed by atoms with van der Waals surface area (Å²) in [7, 11) is 0. The Bertz CT molecular complexity index is 1460. The summed E-state index contributed by atoms with van der Waals surface area (Å²) >= 11 is 0. The lowest BCUT2D eigenvalue weighted by Crippen LogP contribution is -2.03. The van der Waals surface area contributed by atoms with Crippen LogP contribution in [0.4, 0.5) is 4.39 Å². The Labute approximate surface area is 192 Å². The first kappa shape index (κ1) is 21.0. The second-order valence-electron chi connectivity index (χ2n) is 8.74. The summed E-state index contributed by atoms with van der Waals surface area (Å²) in [5, 5.41) is 9.66. The number of nitriles is 1. The lowest BCUT2D eigenvalue weighted by molar-refractivity contribution is 0.305. The van der Waals surface area contributed by atoms with Gasteiger partial charge in [-0.05, 0) is 53.8 Å². The lowest BCUT2D eigenvalue weighted by Gasteiger charge is -2.13. The van der Waals surface area contributed by atoms with E-state index in [9.17, 15) is 9.65 Å². The zero-order valence-corrected chi connectivity index (χ0v) is 18.9. The Balaban J connectivity index is 1.61. The fourth-order valence-electron chi connectivity index (χ4n) is 4.60. The molecule has 0 spiro atoms. The Kier molecular flexibility index (Phi) is 5.22. The fraction of sp³-hybridized carbons (Fsp3) is 0.214. The molecule has 2 aromatic heterocycles. The van der Waals surface area contributed by atoms with E-state index >= 15 is 0 Å². The number of hydrogen-bond donors (Lipinski definition) is 0. The van der Waals surface area contributed by atoms with Crippen LogP contribution in [0.15, 0.2) is 66.4 Å². The van der Waals surface area contributed by atoms with Crippen LogP contribution in [0.5, 0.6) is 5.75 Å². The molecule has 5 rings (SSSR count). The maximum Gasteiger partial charge on any atom is 0.137 e. The van der Waals surface area contributed by atoms with Crippen LogP contribution in [0.3, 0.4) is 0 Å².